The van der Waals surface area contributed by atoms with Crippen molar-refractivity contribution in [3.8, 4) is 11.5 Å². The molecule has 7 nitrogen and oxygen atoms in total. The van der Waals surface area contributed by atoms with Crippen molar-refractivity contribution in [1.82, 2.24) is 4.90 Å². The number of methoxy groups -OCH3 is 3. The van der Waals surface area contributed by atoms with Crippen LogP contribution in [0.3, 0.4) is 0 Å². The van der Waals surface area contributed by atoms with Gasteiger partial charge in [0.05, 0.1) is 27.9 Å². The van der Waals surface area contributed by atoms with Crippen LogP contribution >= 0.6 is 11.6 Å². The minimum absolute atomic E-state index is 0.0379. The van der Waals surface area contributed by atoms with Gasteiger partial charge in [-0.3, -0.25) is 14.5 Å². The third-order valence-electron chi connectivity index (χ3n) is 4.88. The Morgan fingerprint density at radius 2 is 1.69 bits per heavy atom. The second-order valence-electron chi connectivity index (χ2n) is 6.68. The zero-order valence-corrected chi connectivity index (χ0v) is 17.3. The molecule has 1 amide bonds. The summed E-state index contributed by atoms with van der Waals surface area (Å²) in [5.41, 5.74) is 2.58. The van der Waals surface area contributed by atoms with Crippen molar-refractivity contribution in [1.29, 1.82) is 0 Å². The van der Waals surface area contributed by atoms with Gasteiger partial charge in [-0.25, -0.2) is 0 Å². The number of nitrogens with zero attached hydrogens (tertiary/aromatic N) is 1. The summed E-state index contributed by atoms with van der Waals surface area (Å²) in [6, 6.07) is 10.0. The van der Waals surface area contributed by atoms with E-state index in [1.165, 1.54) is 7.11 Å². The Morgan fingerprint density at radius 3 is 2.28 bits per heavy atom. The smallest absolute Gasteiger partial charge is 0.323 e. The Kier molecular flexibility index (Phi) is 6.61. The van der Waals surface area contributed by atoms with Crippen molar-refractivity contribution in [3.05, 3.63) is 52.5 Å². The Bertz CT molecular complexity index is 901. The van der Waals surface area contributed by atoms with E-state index in [4.69, 9.17) is 25.8 Å². The fourth-order valence-electron chi connectivity index (χ4n) is 3.42. The minimum Gasteiger partial charge on any atom is -0.493 e. The molecule has 0 aliphatic carbocycles. The van der Waals surface area contributed by atoms with Crippen LogP contribution in [-0.2, 0) is 27.3 Å². The highest BCUT2D eigenvalue weighted by Gasteiger charge is 2.34. The van der Waals surface area contributed by atoms with Crippen LogP contribution in [0.2, 0.25) is 5.02 Å². The fraction of sp³-hybridized carbons (Fsp3) is 0.333. The van der Waals surface area contributed by atoms with Crippen LogP contribution in [0.1, 0.15) is 11.1 Å². The van der Waals surface area contributed by atoms with E-state index < -0.39 is 6.04 Å². The van der Waals surface area contributed by atoms with E-state index in [-0.39, 0.29) is 18.4 Å². The monoisotopic (exact) mass is 418 g/mol. The predicted molar refractivity (Wildman–Crippen MR) is 110 cm³/mol. The Hall–Kier alpha value is -2.77. The minimum atomic E-state index is -0.568. The standard InChI is InChI=1S/C21H23ClN2O5/c1-27-18-9-13-8-17(21(26)29-3)24(11-14(13)10-19(18)28-2)12-20(25)23-16-6-4-15(22)5-7-16/h4-7,9-10,17H,8,11-12H2,1-3H3,(H,23,25). The van der Waals surface area contributed by atoms with Crippen molar-refractivity contribution in [2.24, 2.45) is 0 Å². The van der Waals surface area contributed by atoms with Crippen molar-refractivity contribution < 1.29 is 23.8 Å². The van der Waals surface area contributed by atoms with E-state index in [9.17, 15) is 9.59 Å². The Labute approximate surface area is 174 Å². The lowest BCUT2D eigenvalue weighted by molar-refractivity contribution is -0.148. The summed E-state index contributed by atoms with van der Waals surface area (Å²) in [6.07, 6.45) is 0.413. The van der Waals surface area contributed by atoms with Crippen LogP contribution in [0, 0.1) is 0 Å². The lowest BCUT2D eigenvalue weighted by Crippen LogP contribution is -2.49. The second kappa shape index (κ2) is 9.15. The van der Waals surface area contributed by atoms with Gasteiger partial charge in [-0.2, -0.15) is 0 Å². The molecule has 0 saturated carbocycles. The average molecular weight is 419 g/mol. The van der Waals surface area contributed by atoms with E-state index in [0.29, 0.717) is 35.2 Å². The number of hydrogen-bond acceptors (Lipinski definition) is 6. The molecule has 29 heavy (non-hydrogen) atoms. The number of fused-ring (bicyclic) bond motifs is 1. The van der Waals surface area contributed by atoms with E-state index in [0.717, 1.165) is 11.1 Å². The summed E-state index contributed by atoms with van der Waals surface area (Å²) < 4.78 is 15.7. The van der Waals surface area contributed by atoms with Gasteiger partial charge in [0.2, 0.25) is 5.91 Å². The normalized spacial score (nSPS) is 15.9. The molecule has 8 heteroatoms. The number of benzene rings is 2. The molecule has 1 heterocycles. The van der Waals surface area contributed by atoms with E-state index in [2.05, 4.69) is 5.32 Å². The van der Waals surface area contributed by atoms with Crippen molar-refractivity contribution >= 4 is 29.2 Å². The van der Waals surface area contributed by atoms with E-state index >= 15 is 0 Å². The first-order chi connectivity index (χ1) is 13.9. The molecule has 1 aliphatic heterocycles. The van der Waals surface area contributed by atoms with Gasteiger partial charge in [0, 0.05) is 17.3 Å². The lowest BCUT2D eigenvalue weighted by Gasteiger charge is -2.35. The lowest BCUT2D eigenvalue weighted by atomic mass is 9.93. The summed E-state index contributed by atoms with van der Waals surface area (Å²) in [6.45, 7) is 0.444. The van der Waals surface area contributed by atoms with Crippen molar-refractivity contribution in [3.63, 3.8) is 0 Å². The number of hydrogen-bond donors (Lipinski definition) is 1. The molecule has 1 aliphatic rings. The van der Waals surface area contributed by atoms with Gasteiger partial charge in [-0.05, 0) is 53.9 Å². The molecular formula is C21H23ClN2O5. The zero-order valence-electron chi connectivity index (χ0n) is 16.5. The number of esters is 1. The van der Waals surface area contributed by atoms with Crippen molar-refractivity contribution in [2.75, 3.05) is 33.2 Å². The first-order valence-electron chi connectivity index (χ1n) is 9.06. The Morgan fingerprint density at radius 1 is 1.07 bits per heavy atom. The SMILES string of the molecule is COC(=O)C1Cc2cc(OC)c(OC)cc2CN1CC(=O)Nc1ccc(Cl)cc1. The van der Waals surface area contributed by atoms with Crippen LogP contribution in [0.15, 0.2) is 36.4 Å². The molecule has 0 saturated heterocycles. The number of carbonyl (C=O) groups excluding carboxylic acids is 2. The molecule has 0 aromatic heterocycles. The summed E-state index contributed by atoms with van der Waals surface area (Å²) in [5.74, 6) is 0.590. The van der Waals surface area contributed by atoms with Gasteiger partial charge < -0.3 is 19.5 Å². The molecule has 154 valence electrons. The van der Waals surface area contributed by atoms with Gasteiger partial charge in [0.1, 0.15) is 6.04 Å². The van der Waals surface area contributed by atoms with Crippen LogP contribution in [0.4, 0.5) is 5.69 Å². The second-order valence-corrected chi connectivity index (χ2v) is 7.12. The number of halogens is 1. The maximum atomic E-state index is 12.6. The van der Waals surface area contributed by atoms with E-state index in [1.54, 1.807) is 43.4 Å². The van der Waals surface area contributed by atoms with Crippen LogP contribution in [0.5, 0.6) is 11.5 Å². The first-order valence-corrected chi connectivity index (χ1v) is 9.44. The quantitative estimate of drug-likeness (QED) is 0.727. The molecule has 0 spiro atoms. The number of carbonyl (C=O) groups is 2. The fourth-order valence-corrected chi connectivity index (χ4v) is 3.55. The molecule has 2 aromatic carbocycles. The Balaban J connectivity index is 1.81. The highest BCUT2D eigenvalue weighted by Crippen LogP contribution is 2.35. The van der Waals surface area contributed by atoms with Crippen LogP contribution < -0.4 is 14.8 Å². The van der Waals surface area contributed by atoms with Gasteiger partial charge >= 0.3 is 5.97 Å². The largest absolute Gasteiger partial charge is 0.493 e. The summed E-state index contributed by atoms with van der Waals surface area (Å²) >= 11 is 5.88. The molecule has 0 radical (unpaired) electrons. The molecule has 1 N–H and O–H groups in total. The first kappa shape index (κ1) is 21.0. The van der Waals surface area contributed by atoms with Crippen LogP contribution in [0.25, 0.3) is 0 Å². The number of rotatable bonds is 6. The van der Waals surface area contributed by atoms with Gasteiger partial charge in [0.25, 0.3) is 0 Å². The average Bonchev–Trinajstić information content (AvgIpc) is 2.73. The highest BCUT2D eigenvalue weighted by atomic mass is 35.5. The van der Waals surface area contributed by atoms with Crippen molar-refractivity contribution in [2.45, 2.75) is 19.0 Å². The number of anilines is 1. The number of amides is 1. The third kappa shape index (κ3) is 4.81. The molecule has 1 unspecified atom stereocenters. The zero-order chi connectivity index (χ0) is 21.0. The molecule has 0 bridgehead atoms. The molecule has 1 atom stereocenters. The van der Waals surface area contributed by atoms with Crippen LogP contribution in [-0.4, -0.2) is 50.7 Å². The summed E-state index contributed by atoms with van der Waals surface area (Å²) in [5, 5.41) is 3.41. The number of ether oxygens (including phenoxy) is 3. The van der Waals surface area contributed by atoms with Gasteiger partial charge in [-0.15, -0.1) is 0 Å². The van der Waals surface area contributed by atoms with E-state index in [1.807, 2.05) is 12.1 Å². The third-order valence-corrected chi connectivity index (χ3v) is 5.13. The molecule has 2 aromatic rings. The van der Waals surface area contributed by atoms with Gasteiger partial charge in [-0.1, -0.05) is 11.6 Å². The number of nitrogens with one attached hydrogen (secondary N) is 1. The summed E-state index contributed by atoms with van der Waals surface area (Å²) in [4.78, 5) is 26.7. The molecule has 0 fully saturated rings. The summed E-state index contributed by atoms with van der Waals surface area (Å²) in [7, 11) is 4.48. The molecule has 3 rings (SSSR count). The molecular weight excluding hydrogens is 396 g/mol. The highest BCUT2D eigenvalue weighted by molar-refractivity contribution is 6.30. The topological polar surface area (TPSA) is 77.1 Å². The van der Waals surface area contributed by atoms with Gasteiger partial charge in [0.15, 0.2) is 11.5 Å². The maximum absolute atomic E-state index is 12.6. The maximum Gasteiger partial charge on any atom is 0.323 e. The predicted octanol–water partition coefficient (Wildman–Crippen LogP) is 2.90.